The predicted octanol–water partition coefficient (Wildman–Crippen LogP) is 5.32. The van der Waals surface area contributed by atoms with Crippen LogP contribution in [0.1, 0.15) is 37.0 Å². The molecule has 0 spiro atoms. The van der Waals surface area contributed by atoms with Crippen molar-refractivity contribution < 1.29 is 0 Å². The molecule has 0 radical (unpaired) electrons. The molecule has 92 valence electrons. The third-order valence-electron chi connectivity index (χ3n) is 3.55. The minimum Gasteiger partial charge on any atom is -0.0985 e. The molecule has 0 amide bonds. The molecular weight excluding hydrogens is 216 g/mol. The van der Waals surface area contributed by atoms with E-state index in [9.17, 15) is 0 Å². The normalized spacial score (nSPS) is 15.4. The molecule has 0 heteroatoms. The minimum absolute atomic E-state index is 1.07. The van der Waals surface area contributed by atoms with Gasteiger partial charge in [0, 0.05) is 0 Å². The van der Waals surface area contributed by atoms with Crippen molar-refractivity contribution in [2.45, 2.75) is 27.2 Å². The number of benzene rings is 1. The van der Waals surface area contributed by atoms with Crippen molar-refractivity contribution in [3.05, 3.63) is 71.3 Å². The molecule has 0 saturated heterocycles. The van der Waals surface area contributed by atoms with Crippen LogP contribution in [-0.4, -0.2) is 0 Å². The van der Waals surface area contributed by atoms with Gasteiger partial charge in [0.25, 0.3) is 0 Å². The van der Waals surface area contributed by atoms with Crippen LogP contribution in [0.2, 0.25) is 0 Å². The van der Waals surface area contributed by atoms with Crippen molar-refractivity contribution in [2.24, 2.45) is 0 Å². The number of allylic oxidation sites excluding steroid dienone is 7. The van der Waals surface area contributed by atoms with Gasteiger partial charge in [0.05, 0.1) is 0 Å². The van der Waals surface area contributed by atoms with Gasteiger partial charge in [-0.15, -0.1) is 0 Å². The van der Waals surface area contributed by atoms with Crippen LogP contribution in [0.4, 0.5) is 0 Å². The van der Waals surface area contributed by atoms with Crippen LogP contribution < -0.4 is 0 Å². The van der Waals surface area contributed by atoms with E-state index in [0.717, 1.165) is 6.42 Å². The lowest BCUT2D eigenvalue weighted by atomic mass is 9.89. The summed E-state index contributed by atoms with van der Waals surface area (Å²) in [5, 5.41) is 0. The molecule has 2 rings (SSSR count). The smallest absolute Gasteiger partial charge is 0.00768 e. The summed E-state index contributed by atoms with van der Waals surface area (Å²) in [5.74, 6) is 0. The van der Waals surface area contributed by atoms with Gasteiger partial charge in [0.1, 0.15) is 0 Å². The van der Waals surface area contributed by atoms with Gasteiger partial charge in [-0.3, -0.25) is 0 Å². The molecule has 1 aromatic rings. The first-order valence-corrected chi connectivity index (χ1v) is 6.44. The third-order valence-corrected chi connectivity index (χ3v) is 3.55. The highest BCUT2D eigenvalue weighted by Crippen LogP contribution is 2.35. The van der Waals surface area contributed by atoms with E-state index in [2.05, 4.69) is 63.8 Å². The van der Waals surface area contributed by atoms with E-state index in [1.54, 1.807) is 0 Å². The van der Waals surface area contributed by atoms with Crippen LogP contribution in [0.15, 0.2) is 54.7 Å². The Morgan fingerprint density at radius 1 is 1.28 bits per heavy atom. The predicted molar refractivity (Wildman–Crippen MR) is 81.4 cm³/mol. The summed E-state index contributed by atoms with van der Waals surface area (Å²) in [4.78, 5) is 0. The fourth-order valence-corrected chi connectivity index (χ4v) is 2.55. The maximum Gasteiger partial charge on any atom is -0.00768 e. The lowest BCUT2D eigenvalue weighted by Crippen LogP contribution is -1.95. The second kappa shape index (κ2) is 5.22. The number of rotatable bonds is 3. The van der Waals surface area contributed by atoms with E-state index in [-0.39, 0.29) is 0 Å². The molecule has 18 heavy (non-hydrogen) atoms. The summed E-state index contributed by atoms with van der Waals surface area (Å²) in [6.45, 7) is 10.4. The molecule has 0 saturated carbocycles. The van der Waals surface area contributed by atoms with Crippen molar-refractivity contribution in [2.75, 3.05) is 0 Å². The molecule has 0 nitrogen and oxygen atoms in total. The van der Waals surface area contributed by atoms with Crippen molar-refractivity contribution >= 4 is 11.1 Å². The SMILES string of the molecule is C=C/C(=C\C)c1cccc(C)c1C1=C(C)CC=C1. The van der Waals surface area contributed by atoms with E-state index >= 15 is 0 Å². The molecule has 1 aliphatic rings. The first-order chi connectivity index (χ1) is 8.69. The number of hydrogen-bond donors (Lipinski definition) is 0. The highest BCUT2D eigenvalue weighted by Gasteiger charge is 2.14. The zero-order chi connectivity index (χ0) is 13.1. The topological polar surface area (TPSA) is 0 Å². The summed E-state index contributed by atoms with van der Waals surface area (Å²) < 4.78 is 0. The molecule has 1 aliphatic carbocycles. The highest BCUT2D eigenvalue weighted by atomic mass is 14.2. The van der Waals surface area contributed by atoms with Crippen LogP contribution in [0.3, 0.4) is 0 Å². The maximum absolute atomic E-state index is 3.92. The molecule has 0 aliphatic heterocycles. The van der Waals surface area contributed by atoms with Crippen molar-refractivity contribution in [3.63, 3.8) is 0 Å². The largest absolute Gasteiger partial charge is 0.0985 e. The maximum atomic E-state index is 3.92. The Morgan fingerprint density at radius 3 is 2.61 bits per heavy atom. The van der Waals surface area contributed by atoms with E-state index in [0.29, 0.717) is 0 Å². The highest BCUT2D eigenvalue weighted by molar-refractivity contribution is 5.90. The Kier molecular flexibility index (Phi) is 3.66. The average molecular weight is 236 g/mol. The van der Waals surface area contributed by atoms with Crippen LogP contribution in [-0.2, 0) is 0 Å². The number of aryl methyl sites for hydroxylation is 1. The molecule has 0 N–H and O–H groups in total. The standard InChI is InChI=1S/C18H20/c1-5-15(6-2)17-12-8-10-14(4)18(17)16-11-7-9-13(16)3/h5-8,10-12H,1,9H2,2-4H3/b15-6+. The zero-order valence-corrected chi connectivity index (χ0v) is 11.5. The summed E-state index contributed by atoms with van der Waals surface area (Å²) in [7, 11) is 0. The molecule has 0 heterocycles. The quantitative estimate of drug-likeness (QED) is 0.623. The summed E-state index contributed by atoms with van der Waals surface area (Å²) in [6, 6.07) is 6.49. The van der Waals surface area contributed by atoms with Crippen molar-refractivity contribution in [1.29, 1.82) is 0 Å². The lowest BCUT2D eigenvalue weighted by molar-refractivity contribution is 1.25. The van der Waals surface area contributed by atoms with E-state index in [4.69, 9.17) is 0 Å². The first kappa shape index (κ1) is 12.6. The Balaban J connectivity index is 2.70. The van der Waals surface area contributed by atoms with Gasteiger partial charge >= 0.3 is 0 Å². The van der Waals surface area contributed by atoms with Crippen LogP contribution in [0.25, 0.3) is 11.1 Å². The monoisotopic (exact) mass is 236 g/mol. The van der Waals surface area contributed by atoms with Gasteiger partial charge in [-0.1, -0.05) is 54.7 Å². The van der Waals surface area contributed by atoms with Crippen LogP contribution in [0, 0.1) is 6.92 Å². The van der Waals surface area contributed by atoms with Gasteiger partial charge < -0.3 is 0 Å². The molecule has 0 fully saturated rings. The Morgan fingerprint density at radius 2 is 2.06 bits per heavy atom. The Labute approximate surface area is 110 Å². The molecular formula is C18H20. The van der Waals surface area contributed by atoms with Gasteiger partial charge in [0.2, 0.25) is 0 Å². The Hall–Kier alpha value is -1.82. The summed E-state index contributed by atoms with van der Waals surface area (Å²) in [6.07, 6.45) is 9.62. The second-order valence-electron chi connectivity index (χ2n) is 4.75. The molecule has 0 bridgehead atoms. The summed E-state index contributed by atoms with van der Waals surface area (Å²) in [5.41, 5.74) is 8.00. The van der Waals surface area contributed by atoms with Gasteiger partial charge in [-0.2, -0.15) is 0 Å². The van der Waals surface area contributed by atoms with E-state index in [1.165, 1.54) is 33.4 Å². The lowest BCUT2D eigenvalue weighted by Gasteiger charge is -2.15. The Bertz CT molecular complexity index is 566. The fourth-order valence-electron chi connectivity index (χ4n) is 2.55. The van der Waals surface area contributed by atoms with Crippen LogP contribution >= 0.6 is 0 Å². The molecule has 1 aromatic carbocycles. The number of hydrogen-bond acceptors (Lipinski definition) is 0. The van der Waals surface area contributed by atoms with E-state index < -0.39 is 0 Å². The first-order valence-electron chi connectivity index (χ1n) is 6.44. The third kappa shape index (κ3) is 2.11. The molecule has 0 atom stereocenters. The van der Waals surface area contributed by atoms with Crippen molar-refractivity contribution in [1.82, 2.24) is 0 Å². The van der Waals surface area contributed by atoms with Gasteiger partial charge in [0.15, 0.2) is 0 Å². The van der Waals surface area contributed by atoms with Gasteiger partial charge in [-0.05, 0) is 55.0 Å². The molecule has 0 aromatic heterocycles. The van der Waals surface area contributed by atoms with Gasteiger partial charge in [-0.25, -0.2) is 0 Å². The molecule has 0 unspecified atom stereocenters. The van der Waals surface area contributed by atoms with E-state index in [1.807, 2.05) is 6.08 Å². The second-order valence-corrected chi connectivity index (χ2v) is 4.75. The average Bonchev–Trinajstić information content (AvgIpc) is 2.77. The zero-order valence-electron chi connectivity index (χ0n) is 11.5. The van der Waals surface area contributed by atoms with Crippen LogP contribution in [0.5, 0.6) is 0 Å². The minimum atomic E-state index is 1.07. The fraction of sp³-hybridized carbons (Fsp3) is 0.222. The van der Waals surface area contributed by atoms with Crippen molar-refractivity contribution in [3.8, 4) is 0 Å². The summed E-state index contributed by atoms with van der Waals surface area (Å²) >= 11 is 0.